The van der Waals surface area contributed by atoms with E-state index < -0.39 is 5.97 Å². The van der Waals surface area contributed by atoms with Crippen molar-refractivity contribution in [3.05, 3.63) is 108 Å². The Hall–Kier alpha value is -5.18. The first kappa shape index (κ1) is 29.8. The fourth-order valence-electron chi connectivity index (χ4n) is 4.66. The molecule has 0 aliphatic rings. The van der Waals surface area contributed by atoms with E-state index in [-0.39, 0.29) is 31.3 Å². The van der Waals surface area contributed by atoms with Crippen molar-refractivity contribution in [3.8, 4) is 22.6 Å². The van der Waals surface area contributed by atoms with Crippen molar-refractivity contribution < 1.29 is 29.0 Å². The molecule has 9 heteroatoms. The molecule has 2 amide bonds. The average molecular weight is 568 g/mol. The smallest absolute Gasteiger partial charge is 0.305 e. The van der Waals surface area contributed by atoms with E-state index in [4.69, 9.17) is 9.47 Å². The maximum absolute atomic E-state index is 14.0. The zero-order valence-electron chi connectivity index (χ0n) is 23.8. The molecule has 0 aliphatic heterocycles. The predicted octanol–water partition coefficient (Wildman–Crippen LogP) is 5.20. The summed E-state index contributed by atoms with van der Waals surface area (Å²) in [4.78, 5) is 46.4. The Bertz CT molecular complexity index is 1560. The van der Waals surface area contributed by atoms with Crippen LogP contribution in [-0.2, 0) is 11.2 Å². The van der Waals surface area contributed by atoms with Crippen LogP contribution in [0.4, 0.5) is 5.82 Å². The molecule has 0 atom stereocenters. The number of hydrogen-bond acceptors (Lipinski definition) is 6. The number of anilines is 1. The first-order chi connectivity index (χ1) is 20.3. The van der Waals surface area contributed by atoms with Crippen molar-refractivity contribution in [1.82, 2.24) is 9.88 Å². The van der Waals surface area contributed by atoms with Crippen LogP contribution in [-0.4, -0.2) is 67.1 Å². The van der Waals surface area contributed by atoms with Crippen LogP contribution in [0.1, 0.15) is 32.7 Å². The monoisotopic (exact) mass is 567 g/mol. The number of nitrogens with zero attached hydrogens (tertiary/aromatic N) is 3. The quantitative estimate of drug-likeness (QED) is 0.251. The van der Waals surface area contributed by atoms with E-state index >= 15 is 0 Å². The highest BCUT2D eigenvalue weighted by Gasteiger charge is 2.24. The van der Waals surface area contributed by atoms with Gasteiger partial charge in [-0.1, -0.05) is 48.5 Å². The predicted molar refractivity (Wildman–Crippen MR) is 160 cm³/mol. The lowest BCUT2D eigenvalue weighted by atomic mass is 9.94. The molecular formula is C33H33N3O6. The van der Waals surface area contributed by atoms with Gasteiger partial charge in [0.05, 0.1) is 20.6 Å². The lowest BCUT2D eigenvalue weighted by molar-refractivity contribution is -0.137. The molecule has 4 rings (SSSR count). The van der Waals surface area contributed by atoms with Crippen LogP contribution in [0, 0.1) is 0 Å². The van der Waals surface area contributed by atoms with Gasteiger partial charge in [0, 0.05) is 37.5 Å². The van der Waals surface area contributed by atoms with Gasteiger partial charge in [-0.15, -0.1) is 0 Å². The molecule has 0 fully saturated rings. The number of aromatic nitrogens is 1. The normalized spacial score (nSPS) is 10.5. The van der Waals surface area contributed by atoms with Crippen LogP contribution >= 0.6 is 0 Å². The van der Waals surface area contributed by atoms with Gasteiger partial charge in [0.1, 0.15) is 5.82 Å². The van der Waals surface area contributed by atoms with E-state index in [1.807, 2.05) is 18.2 Å². The summed E-state index contributed by atoms with van der Waals surface area (Å²) in [5, 5.41) is 9.39. The summed E-state index contributed by atoms with van der Waals surface area (Å²) in [6.07, 6.45) is 1.88. The fraction of sp³-hybridized carbons (Fsp3) is 0.212. The lowest BCUT2D eigenvalue weighted by Gasteiger charge is -2.24. The molecule has 0 spiro atoms. The van der Waals surface area contributed by atoms with Gasteiger partial charge >= 0.3 is 5.97 Å². The van der Waals surface area contributed by atoms with E-state index in [0.29, 0.717) is 46.0 Å². The van der Waals surface area contributed by atoms with Gasteiger partial charge in [-0.25, -0.2) is 4.98 Å². The zero-order chi connectivity index (χ0) is 30.1. The molecule has 0 bridgehead atoms. The van der Waals surface area contributed by atoms with Crippen LogP contribution in [0.2, 0.25) is 0 Å². The van der Waals surface area contributed by atoms with E-state index in [1.165, 1.54) is 9.80 Å². The number of methoxy groups -OCH3 is 2. The fourth-order valence-corrected chi connectivity index (χ4v) is 4.66. The topological polar surface area (TPSA) is 109 Å². The third-order valence-corrected chi connectivity index (χ3v) is 6.90. The number of ether oxygens (including phenoxy) is 2. The number of rotatable bonds is 12. The van der Waals surface area contributed by atoms with Crippen LogP contribution in [0.5, 0.6) is 11.5 Å². The summed E-state index contributed by atoms with van der Waals surface area (Å²) in [5.41, 5.74) is 2.85. The highest BCUT2D eigenvalue weighted by Crippen LogP contribution is 2.31. The van der Waals surface area contributed by atoms with Crippen LogP contribution in [0.15, 0.2) is 91.1 Å². The number of carboxylic acid groups (broad SMARTS) is 1. The maximum atomic E-state index is 14.0. The summed E-state index contributed by atoms with van der Waals surface area (Å²) >= 11 is 0. The maximum Gasteiger partial charge on any atom is 0.305 e. The molecule has 42 heavy (non-hydrogen) atoms. The second-order valence-electron chi connectivity index (χ2n) is 9.52. The number of pyridine rings is 1. The molecular weight excluding hydrogens is 534 g/mol. The van der Waals surface area contributed by atoms with Gasteiger partial charge in [-0.2, -0.15) is 0 Å². The molecule has 1 aromatic heterocycles. The number of hydrogen-bond donors (Lipinski definition) is 1. The van der Waals surface area contributed by atoms with Gasteiger partial charge in [0.25, 0.3) is 11.8 Å². The van der Waals surface area contributed by atoms with E-state index in [1.54, 1.807) is 94.2 Å². The van der Waals surface area contributed by atoms with Crippen LogP contribution < -0.4 is 14.4 Å². The Morgan fingerprint density at radius 1 is 0.762 bits per heavy atom. The highest BCUT2D eigenvalue weighted by atomic mass is 16.5. The highest BCUT2D eigenvalue weighted by molar-refractivity contribution is 6.11. The minimum atomic E-state index is -0.999. The first-order valence-electron chi connectivity index (χ1n) is 13.4. The Balaban J connectivity index is 1.66. The molecule has 9 nitrogen and oxygen atoms in total. The first-order valence-corrected chi connectivity index (χ1v) is 13.4. The number of carbonyl (C=O) groups is 3. The Kier molecular flexibility index (Phi) is 9.89. The molecule has 4 aromatic rings. The summed E-state index contributed by atoms with van der Waals surface area (Å²) in [7, 11) is 4.77. The summed E-state index contributed by atoms with van der Waals surface area (Å²) in [6.45, 7) is 0.303. The largest absolute Gasteiger partial charge is 0.493 e. The molecule has 0 unspecified atom stereocenters. The third-order valence-electron chi connectivity index (χ3n) is 6.90. The number of carbonyl (C=O) groups excluding carboxylic acids is 2. The molecule has 1 heterocycles. The van der Waals surface area contributed by atoms with Crippen molar-refractivity contribution >= 4 is 23.6 Å². The Morgan fingerprint density at radius 2 is 1.38 bits per heavy atom. The van der Waals surface area contributed by atoms with E-state index in [2.05, 4.69) is 4.98 Å². The second-order valence-corrected chi connectivity index (χ2v) is 9.52. The molecule has 0 aliphatic carbocycles. The molecule has 3 aromatic carbocycles. The van der Waals surface area contributed by atoms with E-state index in [0.717, 1.165) is 5.56 Å². The number of amides is 2. The summed E-state index contributed by atoms with van der Waals surface area (Å²) in [5.74, 6) is 0.0596. The van der Waals surface area contributed by atoms with Crippen molar-refractivity contribution in [3.63, 3.8) is 0 Å². The Morgan fingerprint density at radius 3 is 1.98 bits per heavy atom. The van der Waals surface area contributed by atoms with Gasteiger partial charge in [0.15, 0.2) is 11.5 Å². The number of aliphatic carboxylic acids is 1. The van der Waals surface area contributed by atoms with Gasteiger partial charge in [-0.3, -0.25) is 19.3 Å². The second kappa shape index (κ2) is 13.9. The van der Waals surface area contributed by atoms with Crippen LogP contribution in [0.25, 0.3) is 11.1 Å². The number of benzene rings is 3. The van der Waals surface area contributed by atoms with Gasteiger partial charge in [0.2, 0.25) is 0 Å². The SMILES string of the molecule is COc1ccc(CCN(CCC(=O)O)C(=O)c2ccccc2-c2ccccc2C(=O)N(C)c2ccccn2)cc1OC. The van der Waals surface area contributed by atoms with E-state index in [9.17, 15) is 19.5 Å². The van der Waals surface area contributed by atoms with Crippen LogP contribution in [0.3, 0.4) is 0 Å². The summed E-state index contributed by atoms with van der Waals surface area (Å²) in [6, 6.07) is 25.0. The Labute approximate surface area is 244 Å². The van der Waals surface area contributed by atoms with Gasteiger partial charge in [-0.05, 0) is 59.5 Å². The van der Waals surface area contributed by atoms with Crippen molar-refractivity contribution in [1.29, 1.82) is 0 Å². The minimum absolute atomic E-state index is 0.0266. The minimum Gasteiger partial charge on any atom is -0.493 e. The molecule has 0 saturated heterocycles. The summed E-state index contributed by atoms with van der Waals surface area (Å²) < 4.78 is 10.7. The standard InChI is InChI=1S/C33H33N3O6/c1-35(30-14-8-9-19-34-30)32(39)26-12-6-4-10-24(26)25-11-5-7-13-27(25)33(40)36(21-18-31(37)38)20-17-23-15-16-28(41-2)29(22-23)42-3/h4-16,19,22H,17-18,20-21H2,1-3H3,(H,37,38). The molecule has 0 radical (unpaired) electrons. The lowest BCUT2D eigenvalue weighted by Crippen LogP contribution is -2.35. The third kappa shape index (κ3) is 6.93. The number of carboxylic acids is 1. The van der Waals surface area contributed by atoms with Crippen molar-refractivity contribution in [2.45, 2.75) is 12.8 Å². The molecule has 1 N–H and O–H groups in total. The molecule has 216 valence electrons. The zero-order valence-corrected chi connectivity index (χ0v) is 23.8. The van der Waals surface area contributed by atoms with Crippen molar-refractivity contribution in [2.24, 2.45) is 0 Å². The van der Waals surface area contributed by atoms with Crippen molar-refractivity contribution in [2.75, 3.05) is 39.3 Å². The van der Waals surface area contributed by atoms with Gasteiger partial charge < -0.3 is 19.5 Å². The molecule has 0 saturated carbocycles. The average Bonchev–Trinajstić information content (AvgIpc) is 3.03.